The SMILES string of the molecule is C=C/C(C#C[C@]1(CN2Cc3ccc(OC)cc3C2=O)NC(=O)NC1=O)=C\C=C(/C)c1cccc(Cl)c1O. The molecule has 0 aromatic heterocycles. The number of phenolic OH excluding ortho intramolecular Hbond substituents is 1. The lowest BCUT2D eigenvalue weighted by Crippen LogP contribution is -2.54. The summed E-state index contributed by atoms with van der Waals surface area (Å²) < 4.78 is 5.21. The van der Waals surface area contributed by atoms with E-state index in [-0.39, 0.29) is 29.8 Å². The summed E-state index contributed by atoms with van der Waals surface area (Å²) in [5.41, 5.74) is 1.35. The van der Waals surface area contributed by atoms with Crippen LogP contribution < -0.4 is 15.4 Å². The number of rotatable bonds is 6. The Balaban J connectivity index is 1.63. The number of amides is 4. The predicted octanol–water partition coefficient (Wildman–Crippen LogP) is 3.81. The Kier molecular flexibility index (Phi) is 7.09. The van der Waals surface area contributed by atoms with Gasteiger partial charge in [-0.2, -0.15) is 0 Å². The van der Waals surface area contributed by atoms with Gasteiger partial charge in [-0.15, -0.1) is 0 Å². The molecule has 0 radical (unpaired) electrons. The lowest BCUT2D eigenvalue weighted by atomic mass is 9.98. The van der Waals surface area contributed by atoms with Gasteiger partial charge in [0.05, 0.1) is 18.7 Å². The minimum atomic E-state index is -1.65. The second kappa shape index (κ2) is 10.2. The van der Waals surface area contributed by atoms with Crippen molar-refractivity contribution < 1.29 is 24.2 Å². The van der Waals surface area contributed by atoms with Crippen molar-refractivity contribution >= 4 is 35.0 Å². The highest BCUT2D eigenvalue weighted by Crippen LogP contribution is 2.32. The van der Waals surface area contributed by atoms with Gasteiger partial charge >= 0.3 is 6.03 Å². The Morgan fingerprint density at radius 3 is 2.73 bits per heavy atom. The van der Waals surface area contributed by atoms with Crippen LogP contribution in [0.2, 0.25) is 5.02 Å². The second-order valence-corrected chi connectivity index (χ2v) is 8.97. The van der Waals surface area contributed by atoms with E-state index in [4.69, 9.17) is 16.3 Å². The fourth-order valence-electron chi connectivity index (χ4n) is 4.09. The molecule has 4 amide bonds. The molecule has 2 aliphatic heterocycles. The molecule has 188 valence electrons. The number of carbonyl (C=O) groups is 3. The molecule has 0 bridgehead atoms. The zero-order chi connectivity index (χ0) is 26.7. The molecule has 3 N–H and O–H groups in total. The molecule has 0 unspecified atom stereocenters. The number of benzene rings is 2. The Labute approximate surface area is 219 Å². The molecule has 2 aliphatic rings. The number of allylic oxidation sites excluding steroid dienone is 5. The number of nitrogens with one attached hydrogen (secondary N) is 2. The number of ether oxygens (including phenoxy) is 1. The van der Waals surface area contributed by atoms with Crippen LogP contribution in [0.4, 0.5) is 4.79 Å². The van der Waals surface area contributed by atoms with Crippen LogP contribution in [0.25, 0.3) is 5.57 Å². The van der Waals surface area contributed by atoms with E-state index in [0.717, 1.165) is 11.1 Å². The Morgan fingerprint density at radius 1 is 1.27 bits per heavy atom. The third-order valence-corrected chi connectivity index (χ3v) is 6.44. The summed E-state index contributed by atoms with van der Waals surface area (Å²) >= 11 is 6.00. The van der Waals surface area contributed by atoms with E-state index in [1.165, 1.54) is 18.1 Å². The zero-order valence-electron chi connectivity index (χ0n) is 20.2. The second-order valence-electron chi connectivity index (χ2n) is 8.56. The maximum atomic E-state index is 13.1. The number of para-hydroxylation sites is 1. The number of methoxy groups -OCH3 is 1. The van der Waals surface area contributed by atoms with Crippen molar-refractivity contribution in [1.29, 1.82) is 0 Å². The Morgan fingerprint density at radius 2 is 2.05 bits per heavy atom. The van der Waals surface area contributed by atoms with Crippen molar-refractivity contribution in [2.24, 2.45) is 0 Å². The molecule has 8 nitrogen and oxygen atoms in total. The number of imide groups is 1. The number of urea groups is 1. The van der Waals surface area contributed by atoms with Crippen molar-refractivity contribution in [2.75, 3.05) is 13.7 Å². The standard InChI is InChI=1S/C28H24ClN3O5/c1-4-18(9-8-17(2)21-6-5-7-23(29)24(21)33)12-13-28(26(35)30-27(36)31-28)16-32-15-19-10-11-20(37-3)14-22(19)25(32)34/h4-11,14,33H,1,15-16H2,2-3H3,(H2,30,31,35,36)/b17-8+,18-9+/t28-/m1/s1. The average molecular weight is 518 g/mol. The Hall–Kier alpha value is -4.48. The molecular formula is C28H24ClN3O5. The number of carbonyl (C=O) groups excluding carboxylic acids is 3. The zero-order valence-corrected chi connectivity index (χ0v) is 21.0. The fourth-order valence-corrected chi connectivity index (χ4v) is 4.26. The first kappa shape index (κ1) is 25.6. The highest BCUT2D eigenvalue weighted by molar-refractivity contribution is 6.32. The monoisotopic (exact) mass is 517 g/mol. The van der Waals surface area contributed by atoms with Gasteiger partial charge in [-0.25, -0.2) is 4.79 Å². The number of halogens is 1. The summed E-state index contributed by atoms with van der Waals surface area (Å²) in [6.45, 7) is 5.68. The van der Waals surface area contributed by atoms with Gasteiger partial charge in [0, 0.05) is 23.2 Å². The summed E-state index contributed by atoms with van der Waals surface area (Å²) in [7, 11) is 1.51. The van der Waals surface area contributed by atoms with Gasteiger partial charge in [-0.1, -0.05) is 60.4 Å². The van der Waals surface area contributed by atoms with E-state index in [9.17, 15) is 19.5 Å². The van der Waals surface area contributed by atoms with Crippen LogP contribution in [0.3, 0.4) is 0 Å². The minimum Gasteiger partial charge on any atom is -0.506 e. The number of aromatic hydroxyl groups is 1. The molecule has 2 aromatic carbocycles. The van der Waals surface area contributed by atoms with Crippen LogP contribution in [-0.4, -0.2) is 47.0 Å². The van der Waals surface area contributed by atoms with Crippen LogP contribution in [0.15, 0.2) is 66.8 Å². The van der Waals surface area contributed by atoms with Gasteiger partial charge in [0.1, 0.15) is 11.5 Å². The van der Waals surface area contributed by atoms with Crippen molar-refractivity contribution in [3.05, 3.63) is 88.5 Å². The van der Waals surface area contributed by atoms with Crippen molar-refractivity contribution in [1.82, 2.24) is 15.5 Å². The molecule has 2 aromatic rings. The molecule has 2 heterocycles. The summed E-state index contributed by atoms with van der Waals surface area (Å²) in [5.74, 6) is 5.32. The van der Waals surface area contributed by atoms with Gasteiger partial charge in [-0.05, 0) is 42.3 Å². The first-order valence-corrected chi connectivity index (χ1v) is 11.7. The van der Waals surface area contributed by atoms with E-state index in [0.29, 0.717) is 22.4 Å². The van der Waals surface area contributed by atoms with Gasteiger partial charge in [-0.3, -0.25) is 14.9 Å². The number of hydrogen-bond donors (Lipinski definition) is 3. The molecule has 1 fully saturated rings. The van der Waals surface area contributed by atoms with E-state index in [2.05, 4.69) is 29.1 Å². The topological polar surface area (TPSA) is 108 Å². The quantitative estimate of drug-likeness (QED) is 0.307. The summed E-state index contributed by atoms with van der Waals surface area (Å²) in [6, 6.07) is 9.55. The Bertz CT molecular complexity index is 1450. The van der Waals surface area contributed by atoms with Crippen molar-refractivity contribution in [3.63, 3.8) is 0 Å². The van der Waals surface area contributed by atoms with E-state index in [1.807, 2.05) is 0 Å². The van der Waals surface area contributed by atoms with E-state index in [1.54, 1.807) is 55.5 Å². The molecule has 0 aliphatic carbocycles. The molecule has 37 heavy (non-hydrogen) atoms. The first-order valence-electron chi connectivity index (χ1n) is 11.3. The van der Waals surface area contributed by atoms with Gasteiger partial charge < -0.3 is 20.1 Å². The molecule has 1 saturated heterocycles. The first-order chi connectivity index (χ1) is 17.7. The third-order valence-electron chi connectivity index (χ3n) is 6.13. The van der Waals surface area contributed by atoms with Crippen LogP contribution >= 0.6 is 11.6 Å². The molecule has 4 rings (SSSR count). The lowest BCUT2D eigenvalue weighted by molar-refractivity contribution is -0.122. The lowest BCUT2D eigenvalue weighted by Gasteiger charge is -2.26. The van der Waals surface area contributed by atoms with Crippen molar-refractivity contribution in [3.8, 4) is 23.3 Å². The number of hydrogen-bond acceptors (Lipinski definition) is 5. The molecular weight excluding hydrogens is 494 g/mol. The van der Waals surface area contributed by atoms with Gasteiger partial charge in [0.2, 0.25) is 5.54 Å². The molecule has 0 spiro atoms. The smallest absolute Gasteiger partial charge is 0.323 e. The number of phenols is 1. The maximum Gasteiger partial charge on any atom is 0.323 e. The van der Waals surface area contributed by atoms with Crippen LogP contribution in [-0.2, 0) is 11.3 Å². The normalized spacial score (nSPS) is 19.1. The maximum absolute atomic E-state index is 13.1. The molecule has 9 heteroatoms. The van der Waals surface area contributed by atoms with Gasteiger partial charge in [0.15, 0.2) is 0 Å². The van der Waals surface area contributed by atoms with Gasteiger partial charge in [0.25, 0.3) is 11.8 Å². The van der Waals surface area contributed by atoms with E-state index < -0.39 is 17.5 Å². The average Bonchev–Trinajstić information content (AvgIpc) is 3.34. The third kappa shape index (κ3) is 5.08. The predicted molar refractivity (Wildman–Crippen MR) is 140 cm³/mol. The van der Waals surface area contributed by atoms with Crippen LogP contribution in [0.1, 0.15) is 28.4 Å². The molecule has 0 saturated carbocycles. The fraction of sp³-hybridized carbons (Fsp3) is 0.179. The number of nitrogens with zero attached hydrogens (tertiary/aromatic N) is 1. The highest BCUT2D eigenvalue weighted by atomic mass is 35.5. The summed E-state index contributed by atoms with van der Waals surface area (Å²) in [4.78, 5) is 39.4. The van der Waals surface area contributed by atoms with E-state index >= 15 is 0 Å². The summed E-state index contributed by atoms with van der Waals surface area (Å²) in [6.07, 6.45) is 4.90. The summed E-state index contributed by atoms with van der Waals surface area (Å²) in [5, 5.41) is 15.2. The van der Waals surface area contributed by atoms with Crippen LogP contribution in [0.5, 0.6) is 11.5 Å². The molecule has 1 atom stereocenters. The highest BCUT2D eigenvalue weighted by Gasteiger charge is 2.48. The van der Waals surface area contributed by atoms with Crippen LogP contribution in [0, 0.1) is 11.8 Å². The minimum absolute atomic E-state index is 0.0317. The van der Waals surface area contributed by atoms with Crippen molar-refractivity contribution in [2.45, 2.75) is 19.0 Å². The largest absolute Gasteiger partial charge is 0.506 e. The number of fused-ring (bicyclic) bond motifs is 1.